The summed E-state index contributed by atoms with van der Waals surface area (Å²) in [5, 5.41) is 2.90. The lowest BCUT2D eigenvalue weighted by Crippen LogP contribution is -2.15. The number of carbonyl (C=O) groups is 1. The van der Waals surface area contributed by atoms with Gasteiger partial charge in [0, 0.05) is 16.9 Å². The third-order valence-electron chi connectivity index (χ3n) is 3.03. The molecule has 0 saturated carbocycles. The Bertz CT molecular complexity index is 795. The van der Waals surface area contributed by atoms with Crippen molar-refractivity contribution < 1.29 is 4.79 Å². The second-order valence-corrected chi connectivity index (χ2v) is 5.36. The van der Waals surface area contributed by atoms with Gasteiger partial charge in [0.25, 0.3) is 5.91 Å². The number of carbonyl (C=O) groups excluding carboxylic acids is 1. The standard InChI is InChI=1S/C15H12BrN3O/c1-10-5-6-12(11(16)9-10)18-15(20)13-3-2-4-14-17-7-8-19(13)14/h2-9H,1H3,(H,18,20). The summed E-state index contributed by atoms with van der Waals surface area (Å²) >= 11 is 3.46. The molecule has 0 radical (unpaired) electrons. The quantitative estimate of drug-likeness (QED) is 0.779. The minimum Gasteiger partial charge on any atom is -0.320 e. The van der Waals surface area contributed by atoms with Gasteiger partial charge in [0.05, 0.1) is 5.69 Å². The molecule has 100 valence electrons. The molecule has 0 bridgehead atoms. The number of pyridine rings is 1. The summed E-state index contributed by atoms with van der Waals surface area (Å²) in [7, 11) is 0. The van der Waals surface area contributed by atoms with E-state index < -0.39 is 0 Å². The second kappa shape index (κ2) is 5.09. The van der Waals surface area contributed by atoms with Gasteiger partial charge in [-0.1, -0.05) is 12.1 Å². The Balaban J connectivity index is 1.95. The number of nitrogens with one attached hydrogen (secondary N) is 1. The predicted molar refractivity (Wildman–Crippen MR) is 82.0 cm³/mol. The topological polar surface area (TPSA) is 46.4 Å². The predicted octanol–water partition coefficient (Wildman–Crippen LogP) is 3.66. The number of hydrogen-bond donors (Lipinski definition) is 1. The van der Waals surface area contributed by atoms with Gasteiger partial charge in [0.2, 0.25) is 0 Å². The number of benzene rings is 1. The highest BCUT2D eigenvalue weighted by Crippen LogP contribution is 2.24. The number of aryl methyl sites for hydroxylation is 1. The van der Waals surface area contributed by atoms with Crippen LogP contribution in [0.3, 0.4) is 0 Å². The van der Waals surface area contributed by atoms with E-state index in [-0.39, 0.29) is 5.91 Å². The largest absolute Gasteiger partial charge is 0.320 e. The molecule has 2 heterocycles. The van der Waals surface area contributed by atoms with E-state index in [1.807, 2.05) is 37.3 Å². The monoisotopic (exact) mass is 329 g/mol. The van der Waals surface area contributed by atoms with Gasteiger partial charge in [-0.2, -0.15) is 0 Å². The average Bonchev–Trinajstić information content (AvgIpc) is 2.90. The smallest absolute Gasteiger partial charge is 0.272 e. The van der Waals surface area contributed by atoms with E-state index in [1.165, 1.54) is 0 Å². The minimum absolute atomic E-state index is 0.168. The molecule has 0 aliphatic carbocycles. The minimum atomic E-state index is -0.168. The Morgan fingerprint density at radius 3 is 2.95 bits per heavy atom. The summed E-state index contributed by atoms with van der Waals surface area (Å²) < 4.78 is 2.63. The number of hydrogen-bond acceptors (Lipinski definition) is 2. The van der Waals surface area contributed by atoms with Gasteiger partial charge in [0.1, 0.15) is 11.3 Å². The van der Waals surface area contributed by atoms with E-state index in [0.29, 0.717) is 5.69 Å². The first-order valence-corrected chi connectivity index (χ1v) is 6.94. The van der Waals surface area contributed by atoms with Crippen molar-refractivity contribution in [2.24, 2.45) is 0 Å². The molecule has 0 aliphatic rings. The highest BCUT2D eigenvalue weighted by Gasteiger charge is 2.11. The SMILES string of the molecule is Cc1ccc(NC(=O)c2cccc3nccn23)c(Br)c1. The van der Waals surface area contributed by atoms with Crippen LogP contribution in [0.1, 0.15) is 16.1 Å². The third kappa shape index (κ3) is 2.32. The van der Waals surface area contributed by atoms with Crippen molar-refractivity contribution in [2.75, 3.05) is 5.32 Å². The lowest BCUT2D eigenvalue weighted by atomic mass is 10.2. The van der Waals surface area contributed by atoms with Crippen LogP contribution >= 0.6 is 15.9 Å². The van der Waals surface area contributed by atoms with Gasteiger partial charge >= 0.3 is 0 Å². The molecule has 0 unspecified atom stereocenters. The zero-order valence-corrected chi connectivity index (χ0v) is 12.4. The van der Waals surface area contributed by atoms with Gasteiger partial charge in [-0.25, -0.2) is 4.98 Å². The summed E-state index contributed by atoms with van der Waals surface area (Å²) in [5.74, 6) is -0.168. The fourth-order valence-corrected chi connectivity index (χ4v) is 2.63. The maximum atomic E-state index is 12.4. The van der Waals surface area contributed by atoms with Crippen molar-refractivity contribution in [2.45, 2.75) is 6.92 Å². The fraction of sp³-hybridized carbons (Fsp3) is 0.0667. The number of fused-ring (bicyclic) bond motifs is 1. The van der Waals surface area contributed by atoms with Crippen LogP contribution in [0.4, 0.5) is 5.69 Å². The molecular weight excluding hydrogens is 318 g/mol. The summed E-state index contributed by atoms with van der Waals surface area (Å²) in [4.78, 5) is 16.6. The normalized spacial score (nSPS) is 10.7. The molecule has 1 aromatic carbocycles. The molecule has 0 atom stereocenters. The van der Waals surface area contributed by atoms with Crippen molar-refractivity contribution in [3.63, 3.8) is 0 Å². The molecule has 0 spiro atoms. The zero-order valence-electron chi connectivity index (χ0n) is 10.8. The first-order chi connectivity index (χ1) is 9.65. The van der Waals surface area contributed by atoms with Crippen LogP contribution in [-0.2, 0) is 0 Å². The number of imidazole rings is 1. The Morgan fingerprint density at radius 2 is 2.15 bits per heavy atom. The Morgan fingerprint density at radius 1 is 1.30 bits per heavy atom. The number of halogens is 1. The zero-order chi connectivity index (χ0) is 14.1. The van der Waals surface area contributed by atoms with Crippen molar-refractivity contribution in [1.82, 2.24) is 9.38 Å². The number of rotatable bonds is 2. The van der Waals surface area contributed by atoms with Crippen LogP contribution in [-0.4, -0.2) is 15.3 Å². The van der Waals surface area contributed by atoms with Crippen LogP contribution in [0.25, 0.3) is 5.65 Å². The van der Waals surface area contributed by atoms with Crippen LogP contribution in [0, 0.1) is 6.92 Å². The van der Waals surface area contributed by atoms with Gasteiger partial charge in [-0.3, -0.25) is 9.20 Å². The van der Waals surface area contributed by atoms with Crippen LogP contribution < -0.4 is 5.32 Å². The van der Waals surface area contributed by atoms with E-state index >= 15 is 0 Å². The number of nitrogens with zero attached hydrogens (tertiary/aromatic N) is 2. The molecule has 0 saturated heterocycles. The van der Waals surface area contributed by atoms with E-state index in [9.17, 15) is 4.79 Å². The molecule has 1 N–H and O–H groups in total. The van der Waals surface area contributed by atoms with E-state index in [1.54, 1.807) is 22.9 Å². The van der Waals surface area contributed by atoms with Crippen LogP contribution in [0.5, 0.6) is 0 Å². The van der Waals surface area contributed by atoms with Gasteiger partial charge in [-0.05, 0) is 52.7 Å². The van der Waals surface area contributed by atoms with Gasteiger partial charge in [-0.15, -0.1) is 0 Å². The van der Waals surface area contributed by atoms with Crippen molar-refractivity contribution in [1.29, 1.82) is 0 Å². The number of aromatic nitrogens is 2. The molecule has 0 fully saturated rings. The molecule has 2 aromatic heterocycles. The second-order valence-electron chi connectivity index (χ2n) is 4.50. The third-order valence-corrected chi connectivity index (χ3v) is 3.69. The molecule has 20 heavy (non-hydrogen) atoms. The first-order valence-electron chi connectivity index (χ1n) is 6.15. The Hall–Kier alpha value is -2.14. The molecule has 3 aromatic rings. The highest BCUT2D eigenvalue weighted by atomic mass is 79.9. The molecular formula is C15H12BrN3O. The van der Waals surface area contributed by atoms with Crippen molar-refractivity contribution in [3.05, 3.63) is 64.5 Å². The summed E-state index contributed by atoms with van der Waals surface area (Å²) in [5.41, 5.74) is 3.18. The summed E-state index contributed by atoms with van der Waals surface area (Å²) in [6.45, 7) is 2.00. The summed E-state index contributed by atoms with van der Waals surface area (Å²) in [6, 6.07) is 11.3. The average molecular weight is 330 g/mol. The number of amides is 1. The molecule has 1 amide bonds. The molecule has 3 rings (SSSR count). The highest BCUT2D eigenvalue weighted by molar-refractivity contribution is 9.10. The lowest BCUT2D eigenvalue weighted by molar-refractivity contribution is 0.102. The maximum absolute atomic E-state index is 12.4. The molecule has 4 nitrogen and oxygen atoms in total. The lowest BCUT2D eigenvalue weighted by Gasteiger charge is -2.09. The van der Waals surface area contributed by atoms with Gasteiger partial charge in [0.15, 0.2) is 0 Å². The van der Waals surface area contributed by atoms with Crippen LogP contribution in [0.2, 0.25) is 0 Å². The Labute approximate surface area is 124 Å². The summed E-state index contributed by atoms with van der Waals surface area (Å²) in [6.07, 6.45) is 3.45. The molecule has 5 heteroatoms. The van der Waals surface area contributed by atoms with E-state index in [2.05, 4.69) is 26.2 Å². The van der Waals surface area contributed by atoms with E-state index in [4.69, 9.17) is 0 Å². The number of anilines is 1. The molecule has 0 aliphatic heterocycles. The fourth-order valence-electron chi connectivity index (χ4n) is 2.04. The van der Waals surface area contributed by atoms with Gasteiger partial charge < -0.3 is 5.32 Å². The maximum Gasteiger partial charge on any atom is 0.272 e. The Kier molecular flexibility index (Phi) is 3.28. The van der Waals surface area contributed by atoms with Crippen molar-refractivity contribution in [3.8, 4) is 0 Å². The van der Waals surface area contributed by atoms with Crippen molar-refractivity contribution >= 4 is 33.2 Å². The van der Waals surface area contributed by atoms with Crippen LogP contribution in [0.15, 0.2) is 53.3 Å². The first kappa shape index (κ1) is 12.9. The van der Waals surface area contributed by atoms with E-state index in [0.717, 1.165) is 21.4 Å².